The van der Waals surface area contributed by atoms with Crippen LogP contribution in [-0.4, -0.2) is 43.0 Å². The molecule has 28 heavy (non-hydrogen) atoms. The summed E-state index contributed by atoms with van der Waals surface area (Å²) < 4.78 is 5.19. The van der Waals surface area contributed by atoms with Crippen LogP contribution in [0, 0.1) is 0 Å². The van der Waals surface area contributed by atoms with E-state index >= 15 is 0 Å². The Labute approximate surface area is 161 Å². The van der Waals surface area contributed by atoms with Crippen molar-refractivity contribution in [1.29, 1.82) is 0 Å². The number of rotatable bonds is 8. The second kappa shape index (κ2) is 8.90. The Kier molecular flexibility index (Phi) is 6.11. The average Bonchev–Trinajstić information content (AvgIpc) is 3.20. The molecule has 0 radical (unpaired) electrons. The molecule has 1 aromatic carbocycles. The van der Waals surface area contributed by atoms with Gasteiger partial charge in [-0.25, -0.2) is 4.79 Å². The van der Waals surface area contributed by atoms with E-state index in [4.69, 9.17) is 4.52 Å². The van der Waals surface area contributed by atoms with Crippen LogP contribution in [0.4, 0.5) is 0 Å². The largest absolute Gasteiger partial charge is 0.480 e. The van der Waals surface area contributed by atoms with Gasteiger partial charge in [-0.05, 0) is 24.6 Å². The summed E-state index contributed by atoms with van der Waals surface area (Å²) in [6.07, 6.45) is 1.91. The molecule has 0 saturated carbocycles. The number of amides is 1. The Morgan fingerprint density at radius 1 is 1.14 bits per heavy atom. The number of pyridine rings is 1. The van der Waals surface area contributed by atoms with E-state index < -0.39 is 12.0 Å². The predicted octanol–water partition coefficient (Wildman–Crippen LogP) is 2.57. The summed E-state index contributed by atoms with van der Waals surface area (Å²) in [5.41, 5.74) is 1.44. The molecule has 0 aliphatic carbocycles. The normalized spacial score (nSPS) is 11.8. The molecule has 1 N–H and O–H groups in total. The first kappa shape index (κ1) is 19.2. The van der Waals surface area contributed by atoms with E-state index in [0.29, 0.717) is 17.4 Å². The Bertz CT molecular complexity index is 928. The minimum atomic E-state index is -1.06. The molecule has 0 saturated heterocycles. The van der Waals surface area contributed by atoms with E-state index in [2.05, 4.69) is 15.1 Å². The van der Waals surface area contributed by atoms with Crippen LogP contribution >= 0.6 is 0 Å². The molecule has 0 aliphatic rings. The summed E-state index contributed by atoms with van der Waals surface area (Å²) in [7, 11) is 0. The van der Waals surface area contributed by atoms with Crippen molar-refractivity contribution in [2.24, 2.45) is 0 Å². The number of hydrogen-bond acceptors (Lipinski definition) is 6. The highest BCUT2D eigenvalue weighted by Crippen LogP contribution is 2.15. The number of benzene rings is 1. The fourth-order valence-electron chi connectivity index (χ4n) is 2.67. The molecule has 3 rings (SSSR count). The zero-order valence-electron chi connectivity index (χ0n) is 15.4. The van der Waals surface area contributed by atoms with Gasteiger partial charge in [-0.15, -0.1) is 0 Å². The number of carbonyl (C=O) groups is 2. The summed E-state index contributed by atoms with van der Waals surface area (Å²) in [6.45, 7) is 1.71. The first-order chi connectivity index (χ1) is 13.5. The lowest BCUT2D eigenvalue weighted by Gasteiger charge is -2.26. The molecule has 1 unspecified atom stereocenters. The zero-order valence-corrected chi connectivity index (χ0v) is 15.4. The van der Waals surface area contributed by atoms with Crippen LogP contribution in [0.2, 0.25) is 0 Å². The quantitative estimate of drug-likeness (QED) is 0.639. The lowest BCUT2D eigenvalue weighted by Crippen LogP contribution is -2.42. The Morgan fingerprint density at radius 2 is 1.89 bits per heavy atom. The third-order valence-electron chi connectivity index (χ3n) is 4.26. The van der Waals surface area contributed by atoms with Crippen molar-refractivity contribution >= 4 is 11.9 Å². The molecule has 8 nitrogen and oxygen atoms in total. The number of hydrogen-bond donors (Lipinski definition) is 1. The van der Waals surface area contributed by atoms with E-state index in [1.807, 2.05) is 36.4 Å². The second-order valence-electron chi connectivity index (χ2n) is 6.25. The number of carboxylic acids is 1. The lowest BCUT2D eigenvalue weighted by molar-refractivity contribution is -0.150. The van der Waals surface area contributed by atoms with Crippen molar-refractivity contribution in [3.05, 3.63) is 66.2 Å². The smallest absolute Gasteiger partial charge is 0.326 e. The summed E-state index contributed by atoms with van der Waals surface area (Å²) in [4.78, 5) is 33.9. The van der Waals surface area contributed by atoms with Gasteiger partial charge in [0.2, 0.25) is 17.6 Å². The molecule has 0 aliphatic heterocycles. The van der Waals surface area contributed by atoms with Gasteiger partial charge in [0.25, 0.3) is 0 Å². The van der Waals surface area contributed by atoms with Crippen molar-refractivity contribution in [3.63, 3.8) is 0 Å². The molecule has 0 bridgehead atoms. The van der Waals surface area contributed by atoms with Crippen LogP contribution in [0.5, 0.6) is 0 Å². The first-order valence-electron chi connectivity index (χ1n) is 8.85. The van der Waals surface area contributed by atoms with Gasteiger partial charge < -0.3 is 14.5 Å². The van der Waals surface area contributed by atoms with Crippen LogP contribution in [-0.2, 0) is 22.6 Å². The summed E-state index contributed by atoms with van der Waals surface area (Å²) in [6, 6.07) is 13.7. The Balaban J connectivity index is 1.66. The monoisotopic (exact) mass is 380 g/mol. The number of aryl methyl sites for hydroxylation is 1. The van der Waals surface area contributed by atoms with E-state index in [1.54, 1.807) is 18.3 Å². The van der Waals surface area contributed by atoms with Gasteiger partial charge >= 0.3 is 5.97 Å². The number of aliphatic carboxylic acids is 1. The van der Waals surface area contributed by atoms with E-state index in [0.717, 1.165) is 5.56 Å². The topological polar surface area (TPSA) is 109 Å². The van der Waals surface area contributed by atoms with Crippen LogP contribution in [0.25, 0.3) is 11.5 Å². The summed E-state index contributed by atoms with van der Waals surface area (Å²) in [5.74, 6) is -0.699. The minimum Gasteiger partial charge on any atom is -0.480 e. The van der Waals surface area contributed by atoms with Crippen molar-refractivity contribution < 1.29 is 19.2 Å². The van der Waals surface area contributed by atoms with E-state index in [9.17, 15) is 14.7 Å². The number of carbonyl (C=O) groups excluding carboxylic acids is 1. The van der Waals surface area contributed by atoms with Gasteiger partial charge in [-0.1, -0.05) is 41.6 Å². The first-order valence-corrected chi connectivity index (χ1v) is 8.85. The van der Waals surface area contributed by atoms with Gasteiger partial charge in [0.15, 0.2) is 0 Å². The summed E-state index contributed by atoms with van der Waals surface area (Å²) in [5, 5.41) is 13.2. The van der Waals surface area contributed by atoms with Gasteiger partial charge in [0.05, 0.1) is 0 Å². The summed E-state index contributed by atoms with van der Waals surface area (Å²) >= 11 is 0. The van der Waals surface area contributed by atoms with Gasteiger partial charge in [-0.2, -0.15) is 4.98 Å². The maximum absolute atomic E-state index is 12.7. The molecule has 2 heterocycles. The van der Waals surface area contributed by atoms with Gasteiger partial charge in [0.1, 0.15) is 11.7 Å². The van der Waals surface area contributed by atoms with Crippen LogP contribution in [0.3, 0.4) is 0 Å². The van der Waals surface area contributed by atoms with E-state index in [1.165, 1.54) is 11.8 Å². The van der Waals surface area contributed by atoms with Crippen molar-refractivity contribution in [2.75, 3.05) is 0 Å². The van der Waals surface area contributed by atoms with E-state index in [-0.39, 0.29) is 25.3 Å². The van der Waals surface area contributed by atoms with Crippen molar-refractivity contribution in [1.82, 2.24) is 20.0 Å². The Hall–Kier alpha value is -3.55. The molecule has 8 heteroatoms. The fourth-order valence-corrected chi connectivity index (χ4v) is 2.67. The second-order valence-corrected chi connectivity index (χ2v) is 6.25. The highest BCUT2D eigenvalue weighted by Gasteiger charge is 2.26. The van der Waals surface area contributed by atoms with Gasteiger partial charge in [0, 0.05) is 25.6 Å². The Morgan fingerprint density at radius 3 is 2.57 bits per heavy atom. The van der Waals surface area contributed by atoms with Gasteiger partial charge in [-0.3, -0.25) is 9.78 Å². The molecule has 144 valence electrons. The molecule has 2 aromatic heterocycles. The number of carboxylic acid groups (broad SMARTS) is 1. The fraction of sp³-hybridized carbons (Fsp3) is 0.250. The van der Waals surface area contributed by atoms with Crippen LogP contribution in [0.15, 0.2) is 59.3 Å². The van der Waals surface area contributed by atoms with Crippen LogP contribution in [0.1, 0.15) is 24.8 Å². The highest BCUT2D eigenvalue weighted by atomic mass is 16.5. The van der Waals surface area contributed by atoms with Crippen LogP contribution < -0.4 is 0 Å². The average molecular weight is 380 g/mol. The van der Waals surface area contributed by atoms with Crippen molar-refractivity contribution in [2.45, 2.75) is 32.4 Å². The zero-order chi connectivity index (χ0) is 19.9. The standard InChI is InChI=1S/C20H20N4O4/c1-14(20(26)27)24(13-15-7-3-2-4-8-15)18(25)11-10-17-22-19(23-28-17)16-9-5-6-12-21-16/h2-9,12,14H,10-11,13H2,1H3,(H,26,27). The highest BCUT2D eigenvalue weighted by molar-refractivity contribution is 5.83. The number of nitrogens with zero attached hydrogens (tertiary/aromatic N) is 4. The lowest BCUT2D eigenvalue weighted by atomic mass is 10.1. The third-order valence-corrected chi connectivity index (χ3v) is 4.26. The molecule has 1 atom stereocenters. The minimum absolute atomic E-state index is 0.0638. The molecule has 1 amide bonds. The predicted molar refractivity (Wildman–Crippen MR) is 99.9 cm³/mol. The van der Waals surface area contributed by atoms with Crippen molar-refractivity contribution in [3.8, 4) is 11.5 Å². The SMILES string of the molecule is CC(C(=O)O)N(Cc1ccccc1)C(=O)CCc1nc(-c2ccccn2)no1. The molecular formula is C20H20N4O4. The third kappa shape index (κ3) is 4.79. The number of aromatic nitrogens is 3. The molecule has 3 aromatic rings. The molecule has 0 spiro atoms. The maximum Gasteiger partial charge on any atom is 0.326 e. The maximum atomic E-state index is 12.7. The molecular weight excluding hydrogens is 360 g/mol. The molecule has 0 fully saturated rings.